The van der Waals surface area contributed by atoms with Crippen molar-refractivity contribution in [2.24, 2.45) is 5.92 Å². The Morgan fingerprint density at radius 2 is 1.82 bits per heavy atom. The largest absolute Gasteiger partial charge is 0.374 e. The molecule has 1 atom stereocenters. The summed E-state index contributed by atoms with van der Waals surface area (Å²) in [6.45, 7) is 15.2. The lowest BCUT2D eigenvalue weighted by Crippen LogP contribution is -2.46. The molecule has 1 aromatic carbocycles. The van der Waals surface area contributed by atoms with Crippen molar-refractivity contribution in [1.82, 2.24) is 15.1 Å². The van der Waals surface area contributed by atoms with Crippen LogP contribution in [0.15, 0.2) is 24.3 Å². The lowest BCUT2D eigenvalue weighted by atomic mass is 10.1. The number of nitrogens with one attached hydrogen (secondary N) is 1. The van der Waals surface area contributed by atoms with Crippen LogP contribution in [0.25, 0.3) is 0 Å². The molecule has 2 aliphatic rings. The number of nitrogens with zero attached hydrogens (tertiary/aromatic N) is 3. The molecule has 2 aliphatic heterocycles. The van der Waals surface area contributed by atoms with Crippen LogP contribution in [0.5, 0.6) is 0 Å². The van der Waals surface area contributed by atoms with Crippen molar-refractivity contribution >= 4 is 5.69 Å². The molecule has 0 unspecified atom stereocenters. The van der Waals surface area contributed by atoms with Crippen LogP contribution < -0.4 is 10.2 Å². The van der Waals surface area contributed by atoms with Gasteiger partial charge in [0.2, 0.25) is 0 Å². The van der Waals surface area contributed by atoms with Crippen molar-refractivity contribution in [2.75, 3.05) is 70.9 Å². The first kappa shape index (κ1) is 21.6. The molecule has 0 spiro atoms. The first-order valence-electron chi connectivity index (χ1n) is 11.2. The van der Waals surface area contributed by atoms with Gasteiger partial charge < -0.3 is 19.9 Å². The highest BCUT2D eigenvalue weighted by atomic mass is 16.5. The molecule has 2 fully saturated rings. The molecule has 0 aromatic heterocycles. The Labute approximate surface area is 172 Å². The summed E-state index contributed by atoms with van der Waals surface area (Å²) in [4.78, 5) is 7.46. The number of anilines is 1. The van der Waals surface area contributed by atoms with Crippen LogP contribution in [0.1, 0.15) is 32.3 Å². The third-order valence-electron chi connectivity index (χ3n) is 5.98. The topological polar surface area (TPSA) is 31.0 Å². The monoisotopic (exact) mass is 388 g/mol. The van der Waals surface area contributed by atoms with Crippen molar-refractivity contribution in [3.8, 4) is 0 Å². The number of hydrogen-bond acceptors (Lipinski definition) is 5. The molecule has 5 nitrogen and oxygen atoms in total. The van der Waals surface area contributed by atoms with Crippen LogP contribution in [0.4, 0.5) is 5.69 Å². The van der Waals surface area contributed by atoms with Gasteiger partial charge in [-0.3, -0.25) is 4.90 Å². The number of morpholine rings is 1. The molecule has 5 heteroatoms. The summed E-state index contributed by atoms with van der Waals surface area (Å²) in [6, 6.07) is 9.08. The fraction of sp³-hybridized carbons (Fsp3) is 0.739. The highest BCUT2D eigenvalue weighted by Crippen LogP contribution is 2.17. The second-order valence-electron chi connectivity index (χ2n) is 8.92. The van der Waals surface area contributed by atoms with Gasteiger partial charge in [-0.25, -0.2) is 0 Å². The highest BCUT2D eigenvalue weighted by Gasteiger charge is 2.20. The van der Waals surface area contributed by atoms with Gasteiger partial charge in [-0.15, -0.1) is 0 Å². The summed E-state index contributed by atoms with van der Waals surface area (Å²) in [5, 5.41) is 3.60. The molecule has 158 valence electrons. The summed E-state index contributed by atoms with van der Waals surface area (Å²) < 4.78 is 5.97. The van der Waals surface area contributed by atoms with Crippen molar-refractivity contribution in [3.63, 3.8) is 0 Å². The molecule has 0 amide bonds. The highest BCUT2D eigenvalue weighted by molar-refractivity contribution is 5.48. The van der Waals surface area contributed by atoms with Gasteiger partial charge in [-0.1, -0.05) is 26.0 Å². The van der Waals surface area contributed by atoms with E-state index in [0.717, 1.165) is 64.9 Å². The third-order valence-corrected chi connectivity index (χ3v) is 5.98. The normalized spacial score (nSPS) is 22.1. The molecule has 2 heterocycles. The molecule has 0 radical (unpaired) electrons. The quantitative estimate of drug-likeness (QED) is 0.703. The van der Waals surface area contributed by atoms with Crippen molar-refractivity contribution < 1.29 is 4.74 Å². The minimum atomic E-state index is 0.317. The Balaban J connectivity index is 1.35. The van der Waals surface area contributed by atoms with E-state index in [9.17, 15) is 0 Å². The van der Waals surface area contributed by atoms with E-state index in [1.54, 1.807) is 0 Å². The van der Waals surface area contributed by atoms with E-state index >= 15 is 0 Å². The van der Waals surface area contributed by atoms with Gasteiger partial charge in [-0.2, -0.15) is 0 Å². The van der Waals surface area contributed by atoms with Gasteiger partial charge in [0.25, 0.3) is 0 Å². The maximum atomic E-state index is 5.97. The molecule has 0 aliphatic carbocycles. The van der Waals surface area contributed by atoms with E-state index in [1.807, 2.05) is 0 Å². The summed E-state index contributed by atoms with van der Waals surface area (Å²) in [5.41, 5.74) is 2.70. The fourth-order valence-corrected chi connectivity index (χ4v) is 4.10. The van der Waals surface area contributed by atoms with E-state index in [4.69, 9.17) is 4.74 Å². The van der Waals surface area contributed by atoms with Gasteiger partial charge in [0.05, 0.1) is 12.7 Å². The Hall–Kier alpha value is -1.14. The number of ether oxygens (including phenoxy) is 1. The molecule has 3 rings (SSSR count). The standard InChI is InChI=1S/C23H40N4O/c1-20(2)5-4-10-26-15-16-28-23(19-26)18-24-17-21-6-8-22(9-7-21)27-13-11-25(3)12-14-27/h6-9,20,23-24H,4-5,10-19H2,1-3H3/t23-/m1/s1. The second-order valence-corrected chi connectivity index (χ2v) is 8.92. The Kier molecular flexibility index (Phi) is 8.59. The Morgan fingerprint density at radius 3 is 2.54 bits per heavy atom. The maximum Gasteiger partial charge on any atom is 0.0826 e. The van der Waals surface area contributed by atoms with E-state index in [2.05, 4.69) is 65.2 Å². The van der Waals surface area contributed by atoms with Crippen molar-refractivity contribution in [2.45, 2.75) is 39.3 Å². The average Bonchev–Trinajstić information content (AvgIpc) is 2.69. The Morgan fingerprint density at radius 1 is 1.07 bits per heavy atom. The number of piperazine rings is 1. The molecule has 0 bridgehead atoms. The number of rotatable bonds is 9. The van der Waals surface area contributed by atoms with E-state index < -0.39 is 0 Å². The van der Waals surface area contributed by atoms with Crippen LogP contribution >= 0.6 is 0 Å². The van der Waals surface area contributed by atoms with Crippen molar-refractivity contribution in [1.29, 1.82) is 0 Å². The zero-order valence-corrected chi connectivity index (χ0v) is 18.2. The Bertz CT molecular complexity index is 554. The van der Waals surface area contributed by atoms with Gasteiger partial charge in [0.1, 0.15) is 0 Å². The molecular formula is C23H40N4O. The summed E-state index contributed by atoms with van der Waals surface area (Å²) in [7, 11) is 2.20. The average molecular weight is 389 g/mol. The smallest absolute Gasteiger partial charge is 0.0826 e. The first-order valence-corrected chi connectivity index (χ1v) is 11.2. The van der Waals surface area contributed by atoms with Crippen LogP contribution in [0.2, 0.25) is 0 Å². The second kappa shape index (κ2) is 11.1. The summed E-state index contributed by atoms with van der Waals surface area (Å²) in [6.07, 6.45) is 2.94. The lowest BCUT2D eigenvalue weighted by molar-refractivity contribution is -0.0277. The molecule has 2 saturated heterocycles. The van der Waals surface area contributed by atoms with Gasteiger partial charge in [-0.05, 0) is 50.0 Å². The van der Waals surface area contributed by atoms with Gasteiger partial charge >= 0.3 is 0 Å². The number of benzene rings is 1. The molecule has 1 N–H and O–H groups in total. The lowest BCUT2D eigenvalue weighted by Gasteiger charge is -2.34. The number of hydrogen-bond donors (Lipinski definition) is 1. The van der Waals surface area contributed by atoms with Crippen molar-refractivity contribution in [3.05, 3.63) is 29.8 Å². The van der Waals surface area contributed by atoms with E-state index in [1.165, 1.54) is 30.6 Å². The summed E-state index contributed by atoms with van der Waals surface area (Å²) >= 11 is 0. The van der Waals surface area contributed by atoms with Gasteiger partial charge in [0, 0.05) is 58.0 Å². The van der Waals surface area contributed by atoms with Crippen LogP contribution in [0, 0.1) is 5.92 Å². The summed E-state index contributed by atoms with van der Waals surface area (Å²) in [5.74, 6) is 0.807. The first-order chi connectivity index (χ1) is 13.6. The zero-order chi connectivity index (χ0) is 19.8. The zero-order valence-electron chi connectivity index (χ0n) is 18.2. The molecule has 1 aromatic rings. The fourth-order valence-electron chi connectivity index (χ4n) is 4.10. The van der Waals surface area contributed by atoms with Crippen LogP contribution in [0.3, 0.4) is 0 Å². The molecule has 0 saturated carbocycles. The van der Waals surface area contributed by atoms with Crippen LogP contribution in [-0.2, 0) is 11.3 Å². The molecule has 28 heavy (non-hydrogen) atoms. The predicted octanol–water partition coefficient (Wildman–Crippen LogP) is 2.67. The SMILES string of the molecule is CC(C)CCCN1CCO[C@H](CNCc2ccc(N3CCN(C)CC3)cc2)C1. The number of likely N-dealkylation sites (N-methyl/N-ethyl adjacent to an activating group) is 1. The maximum absolute atomic E-state index is 5.97. The van der Waals surface area contributed by atoms with Gasteiger partial charge in [0.15, 0.2) is 0 Å². The predicted molar refractivity (Wildman–Crippen MR) is 118 cm³/mol. The minimum absolute atomic E-state index is 0.317. The third kappa shape index (κ3) is 7.03. The molecular weight excluding hydrogens is 348 g/mol. The van der Waals surface area contributed by atoms with E-state index in [0.29, 0.717) is 6.10 Å². The van der Waals surface area contributed by atoms with Crippen LogP contribution in [-0.4, -0.2) is 81.9 Å². The minimum Gasteiger partial charge on any atom is -0.374 e. The van der Waals surface area contributed by atoms with E-state index in [-0.39, 0.29) is 0 Å².